The fourth-order valence-corrected chi connectivity index (χ4v) is 1.19. The predicted octanol–water partition coefficient (Wildman–Crippen LogP) is 3.15. The van der Waals surface area contributed by atoms with Crippen molar-refractivity contribution in [2.24, 2.45) is 0 Å². The lowest BCUT2D eigenvalue weighted by Crippen LogP contribution is -2.12. The van der Waals surface area contributed by atoms with Crippen LogP contribution in [-0.4, -0.2) is 16.8 Å². The molecule has 12 heavy (non-hydrogen) atoms. The van der Waals surface area contributed by atoms with Crippen LogP contribution in [0.25, 0.3) is 0 Å². The Morgan fingerprint density at radius 2 is 1.58 bits per heavy atom. The Morgan fingerprint density at radius 3 is 1.83 bits per heavy atom. The highest BCUT2D eigenvalue weighted by Gasteiger charge is 2.62. The van der Waals surface area contributed by atoms with Gasteiger partial charge in [0.15, 0.2) is 0 Å². The molecule has 0 rings (SSSR count). The van der Waals surface area contributed by atoms with Crippen molar-refractivity contribution in [1.82, 2.24) is 0 Å². The van der Waals surface area contributed by atoms with Gasteiger partial charge in [-0.3, -0.25) is 4.79 Å². The van der Waals surface area contributed by atoms with E-state index in [0.29, 0.717) is 0 Å². The van der Waals surface area contributed by atoms with Crippen LogP contribution in [0.15, 0.2) is 0 Å². The summed E-state index contributed by atoms with van der Waals surface area (Å²) in [6.45, 7) is 0. The van der Waals surface area contributed by atoms with Crippen LogP contribution < -0.4 is 0 Å². The Labute approximate surface area is 65.1 Å². The van der Waals surface area contributed by atoms with Crippen LogP contribution in [0.1, 0.15) is 12.8 Å². The normalized spacial score (nSPS) is 18.1. The van der Waals surface area contributed by atoms with E-state index in [9.17, 15) is 24.2 Å². The first-order valence-electron chi connectivity index (χ1n) is 2.84. The van der Waals surface area contributed by atoms with Crippen molar-refractivity contribution < 1.29 is 29.3 Å². The molecule has 0 aromatic heterocycles. The second-order valence-corrected chi connectivity index (χ2v) is 5.00. The average Bonchev–Trinajstić information content (AvgIpc) is 1.54. The molecule has 0 fully saturated rings. The molecule has 0 aromatic carbocycles. The molecule has 0 amide bonds. The minimum Gasteiger partial charge on any atom is -0.481 e. The molecule has 0 saturated carbocycles. The number of rotatable bonds is 4. The Bertz CT molecular complexity index is 193. The Hall–Kier alpha value is -0.530. The van der Waals surface area contributed by atoms with Gasteiger partial charge in [0.25, 0.3) is 10.2 Å². The van der Waals surface area contributed by atoms with E-state index in [0.717, 1.165) is 0 Å². The Morgan fingerprint density at radius 1 is 1.17 bits per heavy atom. The van der Waals surface area contributed by atoms with E-state index in [4.69, 9.17) is 5.11 Å². The van der Waals surface area contributed by atoms with Crippen LogP contribution in [0.3, 0.4) is 0 Å². The molecule has 0 heterocycles. The van der Waals surface area contributed by atoms with Crippen molar-refractivity contribution in [3.63, 3.8) is 0 Å². The van der Waals surface area contributed by atoms with Crippen molar-refractivity contribution in [2.45, 2.75) is 12.8 Å². The topological polar surface area (TPSA) is 37.3 Å². The number of halogens is 5. The van der Waals surface area contributed by atoms with Crippen LogP contribution >= 0.6 is 10.2 Å². The summed E-state index contributed by atoms with van der Waals surface area (Å²) in [5.74, 6) is -3.82. The summed E-state index contributed by atoms with van der Waals surface area (Å²) in [5.41, 5.74) is 0. The molecule has 0 aliphatic carbocycles. The molecule has 8 heteroatoms. The molecular formula is C4H7F5O2S. The molecular weight excluding hydrogens is 207 g/mol. The van der Waals surface area contributed by atoms with E-state index in [1.165, 1.54) is 0 Å². The molecule has 0 aliphatic heterocycles. The van der Waals surface area contributed by atoms with Crippen LogP contribution in [0, 0.1) is 0 Å². The first-order valence-corrected chi connectivity index (χ1v) is 4.96. The zero-order valence-corrected chi connectivity index (χ0v) is 6.59. The highest BCUT2D eigenvalue weighted by molar-refractivity contribution is 8.45. The zero-order valence-electron chi connectivity index (χ0n) is 5.77. The molecule has 0 spiro atoms. The van der Waals surface area contributed by atoms with E-state index >= 15 is 0 Å². The lowest BCUT2D eigenvalue weighted by atomic mass is 10.3. The van der Waals surface area contributed by atoms with Gasteiger partial charge in [0.1, 0.15) is 0 Å². The SMILES string of the molecule is O=C(O)CCCS(F)(F)(F)(F)F. The van der Waals surface area contributed by atoms with Crippen LogP contribution in [0.5, 0.6) is 0 Å². The maximum atomic E-state index is 11.5. The fourth-order valence-electron chi connectivity index (χ4n) is 0.496. The zero-order chi connectivity index (χ0) is 10.1. The lowest BCUT2D eigenvalue weighted by molar-refractivity contribution is -0.137. The van der Waals surface area contributed by atoms with Gasteiger partial charge in [-0.15, -0.1) is 0 Å². The van der Waals surface area contributed by atoms with E-state index in [1.807, 2.05) is 0 Å². The minimum atomic E-state index is -9.37. The second-order valence-electron chi connectivity index (χ2n) is 2.33. The number of carboxylic acids is 1. The molecule has 2 nitrogen and oxygen atoms in total. The van der Waals surface area contributed by atoms with E-state index < -0.39 is 34.8 Å². The van der Waals surface area contributed by atoms with Gasteiger partial charge >= 0.3 is 5.97 Å². The summed E-state index contributed by atoms with van der Waals surface area (Å²) in [6, 6.07) is 0. The molecule has 1 N–H and O–H groups in total. The minimum absolute atomic E-state index is 0.897. The number of carbonyl (C=O) groups is 1. The average molecular weight is 214 g/mol. The maximum absolute atomic E-state index is 11.5. The molecule has 0 aromatic rings. The van der Waals surface area contributed by atoms with Gasteiger partial charge in [0.2, 0.25) is 0 Å². The van der Waals surface area contributed by atoms with E-state index in [-0.39, 0.29) is 0 Å². The number of aliphatic carboxylic acids is 1. The summed E-state index contributed by atoms with van der Waals surface area (Å²) in [4.78, 5) is 9.69. The Kier molecular flexibility index (Phi) is 2.14. The van der Waals surface area contributed by atoms with Gasteiger partial charge in [-0.1, -0.05) is 19.4 Å². The van der Waals surface area contributed by atoms with Crippen molar-refractivity contribution >= 4 is 16.2 Å². The van der Waals surface area contributed by atoms with Gasteiger partial charge in [-0.2, -0.15) is 0 Å². The third-order valence-electron chi connectivity index (χ3n) is 0.921. The second kappa shape index (κ2) is 2.24. The maximum Gasteiger partial charge on any atom is 0.303 e. The summed E-state index contributed by atoms with van der Waals surface area (Å²) in [7, 11) is -9.37. The molecule has 76 valence electrons. The predicted molar refractivity (Wildman–Crippen MR) is 34.9 cm³/mol. The van der Waals surface area contributed by atoms with Crippen molar-refractivity contribution in [1.29, 1.82) is 0 Å². The van der Waals surface area contributed by atoms with Crippen molar-refractivity contribution in [3.8, 4) is 0 Å². The molecule has 0 radical (unpaired) electrons. The van der Waals surface area contributed by atoms with E-state index in [1.54, 1.807) is 0 Å². The standard InChI is InChI=1S/C4H7F5O2S/c5-12(6,7,8,9)3-1-2-4(10)11/h1-3H2,(H,10,11). The third-order valence-corrected chi connectivity index (χ3v) is 1.98. The summed E-state index contributed by atoms with van der Waals surface area (Å²) < 4.78 is 57.4. The Balaban J connectivity index is 4.04. The summed E-state index contributed by atoms with van der Waals surface area (Å²) >= 11 is 0. The summed E-state index contributed by atoms with van der Waals surface area (Å²) in [5, 5.41) is 7.88. The smallest absolute Gasteiger partial charge is 0.303 e. The van der Waals surface area contributed by atoms with Gasteiger partial charge < -0.3 is 5.11 Å². The monoisotopic (exact) mass is 214 g/mol. The molecule has 0 unspecified atom stereocenters. The molecule has 0 aliphatic rings. The highest BCUT2D eigenvalue weighted by Crippen LogP contribution is 2.97. The van der Waals surface area contributed by atoms with Crippen molar-refractivity contribution in [3.05, 3.63) is 0 Å². The van der Waals surface area contributed by atoms with Gasteiger partial charge in [0, 0.05) is 6.42 Å². The third kappa shape index (κ3) is 9.47. The lowest BCUT2D eigenvalue weighted by Gasteiger charge is -2.40. The quantitative estimate of drug-likeness (QED) is 0.730. The highest BCUT2D eigenvalue weighted by atomic mass is 32.5. The van der Waals surface area contributed by atoms with Crippen molar-refractivity contribution in [2.75, 3.05) is 5.75 Å². The van der Waals surface area contributed by atoms with Gasteiger partial charge in [-0.25, -0.2) is 0 Å². The van der Waals surface area contributed by atoms with Gasteiger partial charge in [0.05, 0.1) is 5.75 Å². The summed E-state index contributed by atoms with van der Waals surface area (Å²) in [6.07, 6.45) is -1.97. The largest absolute Gasteiger partial charge is 0.481 e. The fraction of sp³-hybridized carbons (Fsp3) is 0.750. The number of hydrogen-bond acceptors (Lipinski definition) is 1. The molecule has 0 atom stereocenters. The first kappa shape index (κ1) is 11.5. The van der Waals surface area contributed by atoms with Crippen LogP contribution in [-0.2, 0) is 4.79 Å². The number of carboxylic acid groups (broad SMARTS) is 1. The van der Waals surface area contributed by atoms with Crippen LogP contribution in [0.4, 0.5) is 19.4 Å². The molecule has 0 bridgehead atoms. The number of hydrogen-bond donors (Lipinski definition) is 1. The first-order chi connectivity index (χ1) is 4.89. The van der Waals surface area contributed by atoms with Gasteiger partial charge in [-0.05, 0) is 6.42 Å². The van der Waals surface area contributed by atoms with E-state index in [2.05, 4.69) is 0 Å². The van der Waals surface area contributed by atoms with Crippen LogP contribution in [0.2, 0.25) is 0 Å². The molecule has 0 saturated heterocycles.